The van der Waals surface area contributed by atoms with Crippen molar-refractivity contribution < 1.29 is 0 Å². The van der Waals surface area contributed by atoms with Gasteiger partial charge in [-0.3, -0.25) is 4.90 Å². The molecule has 3 atom stereocenters. The highest BCUT2D eigenvalue weighted by molar-refractivity contribution is 4.83. The molecule has 1 fully saturated rings. The van der Waals surface area contributed by atoms with Crippen LogP contribution in [-0.4, -0.2) is 30.1 Å². The maximum absolute atomic E-state index is 5.91. The van der Waals surface area contributed by atoms with Crippen LogP contribution in [0.4, 0.5) is 0 Å². The molecular formula is C14H30N2. The summed E-state index contributed by atoms with van der Waals surface area (Å²) in [6.07, 6.45) is 7.99. The highest BCUT2D eigenvalue weighted by Gasteiger charge is 2.27. The van der Waals surface area contributed by atoms with Gasteiger partial charge in [-0.15, -0.1) is 0 Å². The molecule has 0 aromatic rings. The van der Waals surface area contributed by atoms with Gasteiger partial charge in [0, 0.05) is 18.6 Å². The maximum atomic E-state index is 5.91. The third kappa shape index (κ3) is 3.74. The molecule has 2 nitrogen and oxygen atoms in total. The minimum absolute atomic E-state index is 0.655. The van der Waals surface area contributed by atoms with E-state index in [1.54, 1.807) is 0 Å². The van der Waals surface area contributed by atoms with Crippen molar-refractivity contribution in [2.75, 3.05) is 13.1 Å². The molecule has 1 aliphatic rings. The second-order valence-corrected chi connectivity index (χ2v) is 5.43. The molecule has 1 heterocycles. The van der Waals surface area contributed by atoms with Crippen LogP contribution in [-0.2, 0) is 0 Å². The van der Waals surface area contributed by atoms with E-state index >= 15 is 0 Å². The molecule has 0 saturated carbocycles. The fourth-order valence-electron chi connectivity index (χ4n) is 2.92. The van der Waals surface area contributed by atoms with E-state index in [1.165, 1.54) is 45.1 Å². The van der Waals surface area contributed by atoms with Crippen LogP contribution >= 0.6 is 0 Å². The van der Waals surface area contributed by atoms with E-state index in [0.29, 0.717) is 6.04 Å². The summed E-state index contributed by atoms with van der Waals surface area (Å²) in [6.45, 7) is 9.13. The quantitative estimate of drug-likeness (QED) is 0.754. The Labute approximate surface area is 102 Å². The first-order valence-corrected chi connectivity index (χ1v) is 7.18. The van der Waals surface area contributed by atoms with Crippen molar-refractivity contribution in [1.29, 1.82) is 0 Å². The summed E-state index contributed by atoms with van der Waals surface area (Å²) in [4.78, 5) is 2.70. The molecule has 0 amide bonds. The zero-order chi connectivity index (χ0) is 12.0. The molecular weight excluding hydrogens is 196 g/mol. The lowest BCUT2D eigenvalue weighted by molar-refractivity contribution is 0.0821. The molecule has 0 spiro atoms. The van der Waals surface area contributed by atoms with E-state index in [2.05, 4.69) is 25.7 Å². The third-order valence-electron chi connectivity index (χ3n) is 4.26. The number of hydrogen-bond acceptors (Lipinski definition) is 2. The summed E-state index contributed by atoms with van der Waals surface area (Å²) < 4.78 is 0. The first kappa shape index (κ1) is 14.0. The minimum Gasteiger partial charge on any atom is -0.329 e. The van der Waals surface area contributed by atoms with Gasteiger partial charge in [-0.05, 0) is 38.1 Å². The molecule has 0 aromatic heterocycles. The molecule has 1 rings (SSSR count). The fourth-order valence-corrected chi connectivity index (χ4v) is 2.92. The van der Waals surface area contributed by atoms with Gasteiger partial charge in [0.2, 0.25) is 0 Å². The van der Waals surface area contributed by atoms with Gasteiger partial charge in [0.1, 0.15) is 0 Å². The Morgan fingerprint density at radius 3 is 2.56 bits per heavy atom. The zero-order valence-electron chi connectivity index (χ0n) is 11.4. The van der Waals surface area contributed by atoms with Crippen LogP contribution in [0.5, 0.6) is 0 Å². The van der Waals surface area contributed by atoms with Crippen molar-refractivity contribution in [1.82, 2.24) is 4.90 Å². The number of piperidine rings is 1. The van der Waals surface area contributed by atoms with Crippen molar-refractivity contribution in [2.24, 2.45) is 11.7 Å². The Morgan fingerprint density at radius 2 is 2.00 bits per heavy atom. The second-order valence-electron chi connectivity index (χ2n) is 5.43. The number of nitrogens with zero attached hydrogens (tertiary/aromatic N) is 1. The van der Waals surface area contributed by atoms with Gasteiger partial charge >= 0.3 is 0 Å². The largest absolute Gasteiger partial charge is 0.329 e. The van der Waals surface area contributed by atoms with Crippen molar-refractivity contribution in [2.45, 2.75) is 71.4 Å². The summed E-state index contributed by atoms with van der Waals surface area (Å²) in [5, 5.41) is 0. The molecule has 3 unspecified atom stereocenters. The summed E-state index contributed by atoms with van der Waals surface area (Å²) in [5.74, 6) is 0.852. The van der Waals surface area contributed by atoms with E-state index in [0.717, 1.165) is 18.5 Å². The molecule has 2 N–H and O–H groups in total. The smallest absolute Gasteiger partial charge is 0.0221 e. The topological polar surface area (TPSA) is 29.3 Å². The van der Waals surface area contributed by atoms with Gasteiger partial charge in [-0.1, -0.05) is 33.6 Å². The van der Waals surface area contributed by atoms with Crippen LogP contribution in [0.3, 0.4) is 0 Å². The molecule has 0 aromatic carbocycles. The van der Waals surface area contributed by atoms with Gasteiger partial charge in [0.25, 0.3) is 0 Å². The van der Waals surface area contributed by atoms with Crippen LogP contribution in [0.15, 0.2) is 0 Å². The highest BCUT2D eigenvalue weighted by atomic mass is 15.2. The van der Waals surface area contributed by atoms with Crippen LogP contribution in [0.2, 0.25) is 0 Å². The monoisotopic (exact) mass is 226 g/mol. The molecule has 1 aliphatic heterocycles. The summed E-state index contributed by atoms with van der Waals surface area (Å²) in [6, 6.07) is 1.42. The summed E-state index contributed by atoms with van der Waals surface area (Å²) in [7, 11) is 0. The number of rotatable bonds is 6. The van der Waals surface area contributed by atoms with Gasteiger partial charge in [0.05, 0.1) is 0 Å². The average Bonchev–Trinajstić information content (AvgIpc) is 2.35. The number of nitrogens with two attached hydrogens (primary N) is 1. The standard InChI is InChI=1S/C14H30N2/c1-4-12(3)10-13(5-2)16-9-7-6-8-14(16)11-15/h12-14H,4-11,15H2,1-3H3. The molecule has 0 radical (unpaired) electrons. The Morgan fingerprint density at radius 1 is 1.25 bits per heavy atom. The van der Waals surface area contributed by atoms with Crippen molar-refractivity contribution >= 4 is 0 Å². The SMILES string of the molecule is CCC(C)CC(CC)N1CCCCC1CN. The van der Waals surface area contributed by atoms with Gasteiger partial charge in [0.15, 0.2) is 0 Å². The molecule has 2 heteroatoms. The molecule has 0 aliphatic carbocycles. The lowest BCUT2D eigenvalue weighted by Crippen LogP contribution is -2.49. The highest BCUT2D eigenvalue weighted by Crippen LogP contribution is 2.25. The Hall–Kier alpha value is -0.0800. The molecule has 0 bridgehead atoms. The van der Waals surface area contributed by atoms with Crippen LogP contribution in [0.25, 0.3) is 0 Å². The third-order valence-corrected chi connectivity index (χ3v) is 4.26. The Balaban J connectivity index is 2.54. The van der Waals surface area contributed by atoms with E-state index in [4.69, 9.17) is 5.73 Å². The van der Waals surface area contributed by atoms with E-state index in [1.807, 2.05) is 0 Å². The average molecular weight is 226 g/mol. The van der Waals surface area contributed by atoms with Gasteiger partial charge in [-0.25, -0.2) is 0 Å². The number of likely N-dealkylation sites (tertiary alicyclic amines) is 1. The summed E-state index contributed by atoms with van der Waals surface area (Å²) in [5.41, 5.74) is 5.91. The fraction of sp³-hybridized carbons (Fsp3) is 1.00. The predicted molar refractivity (Wildman–Crippen MR) is 71.6 cm³/mol. The summed E-state index contributed by atoms with van der Waals surface area (Å²) >= 11 is 0. The second kappa shape index (κ2) is 7.29. The molecule has 96 valence electrons. The van der Waals surface area contributed by atoms with E-state index in [9.17, 15) is 0 Å². The zero-order valence-corrected chi connectivity index (χ0v) is 11.4. The van der Waals surface area contributed by atoms with Gasteiger partial charge < -0.3 is 5.73 Å². The predicted octanol–water partition coefficient (Wildman–Crippen LogP) is 3.01. The Kier molecular flexibility index (Phi) is 6.37. The normalized spacial score (nSPS) is 26.6. The van der Waals surface area contributed by atoms with Crippen LogP contribution in [0, 0.1) is 5.92 Å². The van der Waals surface area contributed by atoms with E-state index < -0.39 is 0 Å². The van der Waals surface area contributed by atoms with Crippen LogP contribution < -0.4 is 5.73 Å². The lowest BCUT2D eigenvalue weighted by Gasteiger charge is -2.41. The van der Waals surface area contributed by atoms with Gasteiger partial charge in [-0.2, -0.15) is 0 Å². The first-order chi connectivity index (χ1) is 7.72. The molecule has 16 heavy (non-hydrogen) atoms. The van der Waals surface area contributed by atoms with E-state index in [-0.39, 0.29) is 0 Å². The minimum atomic E-state index is 0.655. The lowest BCUT2D eigenvalue weighted by atomic mass is 9.92. The van der Waals surface area contributed by atoms with Crippen molar-refractivity contribution in [3.05, 3.63) is 0 Å². The maximum Gasteiger partial charge on any atom is 0.0221 e. The first-order valence-electron chi connectivity index (χ1n) is 7.18. The van der Waals surface area contributed by atoms with Crippen molar-refractivity contribution in [3.63, 3.8) is 0 Å². The number of hydrogen-bond donors (Lipinski definition) is 1. The Bertz CT molecular complexity index is 182. The van der Waals surface area contributed by atoms with Crippen molar-refractivity contribution in [3.8, 4) is 0 Å². The van der Waals surface area contributed by atoms with Crippen LogP contribution in [0.1, 0.15) is 59.3 Å². The molecule has 1 saturated heterocycles.